The number of carbonyl (C=O) groups is 2. The normalized spacial score (nSPS) is 16.0. The van der Waals surface area contributed by atoms with E-state index >= 15 is 0 Å². The lowest BCUT2D eigenvalue weighted by molar-refractivity contribution is -0.121. The van der Waals surface area contributed by atoms with E-state index in [1.165, 1.54) is 12.5 Å². The van der Waals surface area contributed by atoms with E-state index in [9.17, 15) is 9.59 Å². The van der Waals surface area contributed by atoms with Crippen molar-refractivity contribution in [1.29, 1.82) is 0 Å². The maximum absolute atomic E-state index is 12.9. The molecule has 0 atom stereocenters. The van der Waals surface area contributed by atoms with E-state index in [0.29, 0.717) is 30.9 Å². The van der Waals surface area contributed by atoms with Crippen molar-refractivity contribution < 1.29 is 9.59 Å². The first-order valence-electron chi connectivity index (χ1n) is 9.16. The average Bonchev–Trinajstić information content (AvgIpc) is 2.67. The summed E-state index contributed by atoms with van der Waals surface area (Å²) < 4.78 is 0. The second-order valence-electron chi connectivity index (χ2n) is 6.50. The van der Waals surface area contributed by atoms with Crippen LogP contribution in [-0.4, -0.2) is 57.8 Å². The van der Waals surface area contributed by atoms with E-state index in [-0.39, 0.29) is 18.4 Å². The predicted molar refractivity (Wildman–Crippen MR) is 101 cm³/mol. The second kappa shape index (κ2) is 9.07. The van der Waals surface area contributed by atoms with Crippen LogP contribution in [0.25, 0.3) is 0 Å². The number of nitrogens with zero attached hydrogens (tertiary/aromatic N) is 4. The molecule has 8 nitrogen and oxygen atoms in total. The molecule has 2 aromatic rings. The zero-order valence-corrected chi connectivity index (χ0v) is 15.4. The van der Waals surface area contributed by atoms with Crippen LogP contribution in [0.1, 0.15) is 34.6 Å². The molecular formula is C19H24N6O2. The number of nitrogens with one attached hydrogen (secondary N) is 2. The number of aromatic nitrogens is 3. The van der Waals surface area contributed by atoms with Gasteiger partial charge in [0, 0.05) is 31.5 Å². The van der Waals surface area contributed by atoms with Gasteiger partial charge in [-0.25, -0.2) is 15.0 Å². The molecule has 0 saturated carbocycles. The first-order chi connectivity index (χ1) is 13.1. The van der Waals surface area contributed by atoms with Crippen molar-refractivity contribution in [3.8, 4) is 0 Å². The fourth-order valence-corrected chi connectivity index (χ4v) is 2.97. The Bertz CT molecular complexity index is 810. The molecule has 0 fully saturated rings. The number of aryl methyl sites for hydroxylation is 2. The maximum atomic E-state index is 12.9. The van der Waals surface area contributed by atoms with Crippen LogP contribution in [0.5, 0.6) is 0 Å². The smallest absolute Gasteiger partial charge is 0.257 e. The number of pyridine rings is 1. The number of amides is 2. The van der Waals surface area contributed by atoms with Gasteiger partial charge >= 0.3 is 0 Å². The van der Waals surface area contributed by atoms with Crippen LogP contribution >= 0.6 is 0 Å². The summed E-state index contributed by atoms with van der Waals surface area (Å²) in [4.78, 5) is 39.3. The summed E-state index contributed by atoms with van der Waals surface area (Å²) in [6.45, 7) is 3.32. The van der Waals surface area contributed by atoms with Crippen LogP contribution in [0, 0.1) is 6.92 Å². The lowest BCUT2D eigenvalue weighted by atomic mass is 10.1. The minimum absolute atomic E-state index is 0.0245. The Morgan fingerprint density at radius 2 is 2.04 bits per heavy atom. The molecule has 142 valence electrons. The van der Waals surface area contributed by atoms with E-state index in [0.717, 1.165) is 30.8 Å². The van der Waals surface area contributed by atoms with Crippen LogP contribution in [-0.2, 0) is 11.2 Å². The van der Waals surface area contributed by atoms with Gasteiger partial charge in [0.05, 0.1) is 17.8 Å². The third-order valence-corrected chi connectivity index (χ3v) is 4.43. The zero-order chi connectivity index (χ0) is 19.1. The highest BCUT2D eigenvalue weighted by atomic mass is 16.2. The lowest BCUT2D eigenvalue weighted by Gasteiger charge is -2.23. The molecule has 2 aromatic heterocycles. The summed E-state index contributed by atoms with van der Waals surface area (Å²) in [5, 5.41) is 6.04. The summed E-state index contributed by atoms with van der Waals surface area (Å²) in [7, 11) is 0. The third kappa shape index (κ3) is 5.22. The van der Waals surface area contributed by atoms with Gasteiger partial charge in [0.25, 0.3) is 5.91 Å². The van der Waals surface area contributed by atoms with Gasteiger partial charge in [0.1, 0.15) is 12.1 Å². The summed E-state index contributed by atoms with van der Waals surface area (Å²) in [5.41, 5.74) is 2.06. The maximum Gasteiger partial charge on any atom is 0.257 e. The molecule has 3 heterocycles. The van der Waals surface area contributed by atoms with Crippen molar-refractivity contribution in [2.45, 2.75) is 26.2 Å². The van der Waals surface area contributed by atoms with Crippen molar-refractivity contribution in [3.05, 3.63) is 47.7 Å². The number of hydrogen-bond acceptors (Lipinski definition) is 6. The Morgan fingerprint density at radius 3 is 2.89 bits per heavy atom. The molecular weight excluding hydrogens is 344 g/mol. The second-order valence-corrected chi connectivity index (χ2v) is 6.50. The predicted octanol–water partition coefficient (Wildman–Crippen LogP) is 1.19. The van der Waals surface area contributed by atoms with E-state index in [1.807, 2.05) is 18.2 Å². The van der Waals surface area contributed by atoms with Crippen LogP contribution in [0.4, 0.5) is 5.82 Å². The molecule has 8 heteroatoms. The van der Waals surface area contributed by atoms with Gasteiger partial charge in [-0.15, -0.1) is 0 Å². The van der Waals surface area contributed by atoms with Crippen LogP contribution in [0.15, 0.2) is 30.7 Å². The van der Waals surface area contributed by atoms with Crippen molar-refractivity contribution in [3.63, 3.8) is 0 Å². The van der Waals surface area contributed by atoms with Gasteiger partial charge in [-0.1, -0.05) is 6.07 Å². The van der Waals surface area contributed by atoms with Gasteiger partial charge < -0.3 is 15.5 Å². The molecule has 0 radical (unpaired) electrons. The lowest BCUT2D eigenvalue weighted by Crippen LogP contribution is -2.42. The van der Waals surface area contributed by atoms with Crippen LogP contribution in [0.3, 0.4) is 0 Å². The molecule has 2 bridgehead atoms. The van der Waals surface area contributed by atoms with E-state index in [4.69, 9.17) is 0 Å². The van der Waals surface area contributed by atoms with Gasteiger partial charge in [-0.3, -0.25) is 9.59 Å². The number of carbonyl (C=O) groups excluding carboxylic acids is 2. The van der Waals surface area contributed by atoms with Crippen molar-refractivity contribution in [1.82, 2.24) is 25.2 Å². The van der Waals surface area contributed by atoms with Gasteiger partial charge in [0.2, 0.25) is 5.91 Å². The Hall–Kier alpha value is -3.03. The number of rotatable bonds is 1. The Labute approximate surface area is 158 Å². The largest absolute Gasteiger partial charge is 0.368 e. The van der Waals surface area contributed by atoms with Crippen molar-refractivity contribution in [2.24, 2.45) is 0 Å². The molecule has 2 amide bonds. The molecule has 0 aliphatic carbocycles. The van der Waals surface area contributed by atoms with Crippen molar-refractivity contribution >= 4 is 17.6 Å². The highest BCUT2D eigenvalue weighted by Gasteiger charge is 2.21. The molecule has 2 N–H and O–H groups in total. The first-order valence-corrected chi connectivity index (χ1v) is 9.16. The molecule has 3 rings (SSSR count). The Morgan fingerprint density at radius 1 is 1.19 bits per heavy atom. The SMILES string of the molecule is Cc1ncncc1C(=O)N1CCCCc2cccc(n2)NCCNC(=O)C1. The minimum Gasteiger partial charge on any atom is -0.368 e. The average molecular weight is 368 g/mol. The molecule has 1 aliphatic rings. The highest BCUT2D eigenvalue weighted by molar-refractivity contribution is 5.97. The molecule has 27 heavy (non-hydrogen) atoms. The third-order valence-electron chi connectivity index (χ3n) is 4.43. The van der Waals surface area contributed by atoms with E-state index in [2.05, 4.69) is 25.6 Å². The molecule has 0 spiro atoms. The fourth-order valence-electron chi connectivity index (χ4n) is 2.97. The zero-order valence-electron chi connectivity index (χ0n) is 15.4. The van der Waals surface area contributed by atoms with Crippen molar-refractivity contribution in [2.75, 3.05) is 31.5 Å². The Balaban J connectivity index is 1.73. The van der Waals surface area contributed by atoms with Gasteiger partial charge in [-0.2, -0.15) is 0 Å². The van der Waals surface area contributed by atoms with Gasteiger partial charge in [0.15, 0.2) is 0 Å². The molecule has 1 aliphatic heterocycles. The summed E-state index contributed by atoms with van der Waals surface area (Å²) in [6.07, 6.45) is 5.41. The molecule has 0 unspecified atom stereocenters. The number of fused-ring (bicyclic) bond motifs is 2. The summed E-state index contributed by atoms with van der Waals surface area (Å²) in [6, 6.07) is 5.90. The molecule has 0 aromatic carbocycles. The fraction of sp³-hybridized carbons (Fsp3) is 0.421. The van der Waals surface area contributed by atoms with E-state index in [1.54, 1.807) is 11.8 Å². The first kappa shape index (κ1) is 18.8. The topological polar surface area (TPSA) is 100 Å². The van der Waals surface area contributed by atoms with E-state index < -0.39 is 0 Å². The monoisotopic (exact) mass is 368 g/mol. The standard InChI is InChI=1S/C19H24N6O2/c1-14-16(11-20-13-23-14)19(27)25-10-3-2-5-15-6-4-7-17(24-15)21-8-9-22-18(26)12-25/h4,6-7,11,13H,2-3,5,8-10,12H2,1H3,(H,21,24)(H,22,26). The van der Waals surface area contributed by atoms with Crippen LogP contribution in [0.2, 0.25) is 0 Å². The quantitative estimate of drug-likeness (QED) is 0.784. The number of anilines is 1. The number of hydrogen-bond donors (Lipinski definition) is 2. The highest BCUT2D eigenvalue weighted by Crippen LogP contribution is 2.11. The van der Waals surface area contributed by atoms with Gasteiger partial charge in [-0.05, 0) is 38.3 Å². The van der Waals surface area contributed by atoms with Crippen LogP contribution < -0.4 is 10.6 Å². The summed E-state index contributed by atoms with van der Waals surface area (Å²) >= 11 is 0. The Kier molecular flexibility index (Phi) is 6.30. The molecule has 0 saturated heterocycles. The minimum atomic E-state index is -0.214. The summed E-state index contributed by atoms with van der Waals surface area (Å²) in [5.74, 6) is 0.419.